The van der Waals surface area contributed by atoms with Crippen molar-refractivity contribution in [3.63, 3.8) is 0 Å². The van der Waals surface area contributed by atoms with Gasteiger partial charge in [0.05, 0.1) is 18.0 Å². The van der Waals surface area contributed by atoms with Gasteiger partial charge in [0.15, 0.2) is 0 Å². The lowest BCUT2D eigenvalue weighted by Gasteiger charge is -2.11. The van der Waals surface area contributed by atoms with Crippen molar-refractivity contribution in [3.8, 4) is 0 Å². The monoisotopic (exact) mass is 289 g/mol. The van der Waals surface area contributed by atoms with E-state index in [1.165, 1.54) is 0 Å². The molecule has 0 fully saturated rings. The fourth-order valence-corrected chi connectivity index (χ4v) is 2.23. The van der Waals surface area contributed by atoms with Crippen molar-refractivity contribution in [2.24, 2.45) is 0 Å². The summed E-state index contributed by atoms with van der Waals surface area (Å²) < 4.78 is 1.82. The van der Waals surface area contributed by atoms with Crippen LogP contribution in [0.2, 0.25) is 0 Å². The highest BCUT2D eigenvalue weighted by Gasteiger charge is 2.13. The Balaban J connectivity index is 1.74. The SMILES string of the molecule is Cc1cnn(CCNC(=O)C(S)Cc2ccccc2)c1. The Labute approximate surface area is 124 Å². The number of aromatic nitrogens is 2. The number of aryl methyl sites for hydroxylation is 1. The van der Waals surface area contributed by atoms with Crippen LogP contribution in [0, 0.1) is 6.92 Å². The van der Waals surface area contributed by atoms with Crippen LogP contribution in [0.25, 0.3) is 0 Å². The number of rotatable bonds is 6. The molecule has 0 saturated heterocycles. The third-order valence-corrected chi connectivity index (χ3v) is 3.39. The smallest absolute Gasteiger partial charge is 0.233 e. The van der Waals surface area contributed by atoms with Gasteiger partial charge in [0, 0.05) is 12.7 Å². The molecule has 2 rings (SSSR count). The highest BCUT2D eigenvalue weighted by Crippen LogP contribution is 2.07. The molecule has 106 valence electrons. The molecule has 1 N–H and O–H groups in total. The van der Waals surface area contributed by atoms with E-state index in [1.807, 2.05) is 48.1 Å². The van der Waals surface area contributed by atoms with Gasteiger partial charge in [-0.25, -0.2) is 0 Å². The number of nitrogens with one attached hydrogen (secondary N) is 1. The average molecular weight is 289 g/mol. The van der Waals surface area contributed by atoms with E-state index in [-0.39, 0.29) is 11.2 Å². The van der Waals surface area contributed by atoms with Gasteiger partial charge in [0.2, 0.25) is 5.91 Å². The zero-order chi connectivity index (χ0) is 14.4. The topological polar surface area (TPSA) is 46.9 Å². The summed E-state index contributed by atoms with van der Waals surface area (Å²) >= 11 is 4.37. The molecule has 0 aliphatic carbocycles. The Morgan fingerprint density at radius 1 is 1.40 bits per heavy atom. The number of hydrogen-bond donors (Lipinski definition) is 2. The van der Waals surface area contributed by atoms with Crippen molar-refractivity contribution in [2.75, 3.05) is 6.54 Å². The summed E-state index contributed by atoms with van der Waals surface area (Å²) in [5, 5.41) is 6.73. The van der Waals surface area contributed by atoms with Crippen molar-refractivity contribution in [1.29, 1.82) is 0 Å². The molecule has 0 spiro atoms. The maximum atomic E-state index is 11.9. The summed E-state index contributed by atoms with van der Waals surface area (Å²) in [5.74, 6) is -0.0407. The average Bonchev–Trinajstić information content (AvgIpc) is 2.85. The predicted molar refractivity (Wildman–Crippen MR) is 82.9 cm³/mol. The highest BCUT2D eigenvalue weighted by atomic mass is 32.1. The molecule has 1 aromatic heterocycles. The lowest BCUT2D eigenvalue weighted by atomic mass is 10.1. The Kier molecular flexibility index (Phi) is 5.24. The molecule has 5 heteroatoms. The molecule has 0 radical (unpaired) electrons. The van der Waals surface area contributed by atoms with Crippen molar-refractivity contribution >= 4 is 18.5 Å². The molecule has 0 bridgehead atoms. The number of carbonyl (C=O) groups excluding carboxylic acids is 1. The maximum absolute atomic E-state index is 11.9. The normalized spacial score (nSPS) is 12.1. The van der Waals surface area contributed by atoms with Crippen LogP contribution in [-0.4, -0.2) is 27.5 Å². The van der Waals surface area contributed by atoms with Crippen LogP contribution < -0.4 is 5.32 Å². The quantitative estimate of drug-likeness (QED) is 0.797. The van der Waals surface area contributed by atoms with Crippen molar-refractivity contribution < 1.29 is 4.79 Å². The first-order valence-corrected chi connectivity index (χ1v) is 7.15. The van der Waals surface area contributed by atoms with Crippen LogP contribution in [0.15, 0.2) is 42.7 Å². The number of benzene rings is 1. The van der Waals surface area contributed by atoms with E-state index in [2.05, 4.69) is 23.0 Å². The highest BCUT2D eigenvalue weighted by molar-refractivity contribution is 7.81. The molecule has 1 unspecified atom stereocenters. The van der Waals surface area contributed by atoms with E-state index in [0.29, 0.717) is 19.5 Å². The number of carbonyl (C=O) groups is 1. The summed E-state index contributed by atoms with van der Waals surface area (Å²) in [6.45, 7) is 3.23. The van der Waals surface area contributed by atoms with Crippen molar-refractivity contribution in [3.05, 3.63) is 53.9 Å². The van der Waals surface area contributed by atoms with Crippen LogP contribution in [0.1, 0.15) is 11.1 Å². The van der Waals surface area contributed by atoms with E-state index >= 15 is 0 Å². The fraction of sp³-hybridized carbons (Fsp3) is 0.333. The van der Waals surface area contributed by atoms with E-state index in [0.717, 1.165) is 11.1 Å². The lowest BCUT2D eigenvalue weighted by Crippen LogP contribution is -2.34. The first kappa shape index (κ1) is 14.7. The Morgan fingerprint density at radius 3 is 2.80 bits per heavy atom. The molecule has 20 heavy (non-hydrogen) atoms. The second-order valence-electron chi connectivity index (χ2n) is 4.78. The molecule has 1 aromatic carbocycles. The zero-order valence-corrected chi connectivity index (χ0v) is 12.4. The van der Waals surface area contributed by atoms with E-state index in [9.17, 15) is 4.79 Å². The number of amides is 1. The van der Waals surface area contributed by atoms with Crippen molar-refractivity contribution in [2.45, 2.75) is 25.1 Å². The summed E-state index contributed by atoms with van der Waals surface area (Å²) in [7, 11) is 0. The second kappa shape index (κ2) is 7.14. The molecule has 0 aliphatic heterocycles. The van der Waals surface area contributed by atoms with E-state index < -0.39 is 0 Å². The van der Waals surface area contributed by atoms with Gasteiger partial charge in [-0.1, -0.05) is 30.3 Å². The summed E-state index contributed by atoms with van der Waals surface area (Å²) in [4.78, 5) is 11.9. The van der Waals surface area contributed by atoms with Crippen LogP contribution in [0.5, 0.6) is 0 Å². The van der Waals surface area contributed by atoms with Crippen LogP contribution in [0.4, 0.5) is 0 Å². The maximum Gasteiger partial charge on any atom is 0.233 e. The predicted octanol–water partition coefficient (Wildman–Crippen LogP) is 1.85. The summed E-state index contributed by atoms with van der Waals surface area (Å²) in [5.41, 5.74) is 2.23. The number of nitrogens with zero attached hydrogens (tertiary/aromatic N) is 2. The van der Waals surface area contributed by atoms with Crippen LogP contribution in [-0.2, 0) is 17.8 Å². The first-order chi connectivity index (χ1) is 9.65. The molecule has 2 aromatic rings. The number of thiol groups is 1. The largest absolute Gasteiger partial charge is 0.353 e. The second-order valence-corrected chi connectivity index (χ2v) is 5.40. The van der Waals surface area contributed by atoms with Crippen molar-refractivity contribution in [1.82, 2.24) is 15.1 Å². The molecule has 1 heterocycles. The molecule has 1 atom stereocenters. The Bertz CT molecular complexity index is 553. The minimum atomic E-state index is -0.322. The van der Waals surface area contributed by atoms with Crippen LogP contribution >= 0.6 is 12.6 Å². The van der Waals surface area contributed by atoms with Gasteiger partial charge >= 0.3 is 0 Å². The Morgan fingerprint density at radius 2 is 2.15 bits per heavy atom. The third kappa shape index (κ3) is 4.42. The summed E-state index contributed by atoms with van der Waals surface area (Å²) in [6.07, 6.45) is 4.39. The zero-order valence-electron chi connectivity index (χ0n) is 11.5. The molecule has 0 saturated carbocycles. The number of hydrogen-bond acceptors (Lipinski definition) is 3. The minimum absolute atomic E-state index is 0.0407. The first-order valence-electron chi connectivity index (χ1n) is 6.64. The molecule has 4 nitrogen and oxygen atoms in total. The van der Waals surface area contributed by atoms with Gasteiger partial charge in [-0.2, -0.15) is 17.7 Å². The van der Waals surface area contributed by atoms with Gasteiger partial charge in [0.25, 0.3) is 0 Å². The molecular formula is C15H19N3OS. The lowest BCUT2D eigenvalue weighted by molar-refractivity contribution is -0.120. The molecular weight excluding hydrogens is 270 g/mol. The fourth-order valence-electron chi connectivity index (χ4n) is 1.93. The van der Waals surface area contributed by atoms with E-state index in [1.54, 1.807) is 6.20 Å². The van der Waals surface area contributed by atoms with Gasteiger partial charge in [0.1, 0.15) is 0 Å². The van der Waals surface area contributed by atoms with Gasteiger partial charge in [-0.05, 0) is 24.5 Å². The van der Waals surface area contributed by atoms with Gasteiger partial charge in [-0.15, -0.1) is 0 Å². The Hall–Kier alpha value is -1.75. The molecule has 1 amide bonds. The van der Waals surface area contributed by atoms with Crippen LogP contribution in [0.3, 0.4) is 0 Å². The third-order valence-electron chi connectivity index (χ3n) is 2.98. The van der Waals surface area contributed by atoms with Gasteiger partial charge < -0.3 is 5.32 Å². The van der Waals surface area contributed by atoms with E-state index in [4.69, 9.17) is 0 Å². The standard InChI is InChI=1S/C15H19N3OS/c1-12-10-17-18(11-12)8-7-16-15(19)14(20)9-13-5-3-2-4-6-13/h2-6,10-11,14,20H,7-9H2,1H3,(H,16,19). The summed E-state index contributed by atoms with van der Waals surface area (Å²) in [6, 6.07) is 9.90. The molecule has 0 aliphatic rings. The minimum Gasteiger partial charge on any atom is -0.353 e. The van der Waals surface area contributed by atoms with Gasteiger partial charge in [-0.3, -0.25) is 9.48 Å².